The van der Waals surface area contributed by atoms with E-state index in [9.17, 15) is 31.3 Å². The molecule has 71 heavy (non-hydrogen) atoms. The van der Waals surface area contributed by atoms with Gasteiger partial charge in [0.15, 0.2) is 4.98 Å². The molecule has 0 spiro atoms. The van der Waals surface area contributed by atoms with Gasteiger partial charge in [-0.3, -0.25) is 14.4 Å². The third-order valence-corrected chi connectivity index (χ3v) is 16.9. The quantitative estimate of drug-likeness (QED) is 0.0644. The molecule has 5 aromatic carbocycles. The van der Waals surface area contributed by atoms with Crippen LogP contribution in [-0.4, -0.2) is 69.8 Å². The minimum Gasteiger partial charge on any atom is -0.748 e. The van der Waals surface area contributed by atoms with Gasteiger partial charge in [0.2, 0.25) is 11.1 Å². The first-order chi connectivity index (χ1) is 33.9. The van der Waals surface area contributed by atoms with Crippen molar-refractivity contribution in [3.63, 3.8) is 0 Å². The van der Waals surface area contributed by atoms with Crippen LogP contribution >= 0.6 is 0 Å². The van der Waals surface area contributed by atoms with Crippen LogP contribution < -0.4 is 19.3 Å². The van der Waals surface area contributed by atoms with Gasteiger partial charge in [0.05, 0.1) is 58.6 Å². The smallest absolute Gasteiger partial charge is 0.429 e. The molecule has 0 saturated carbocycles. The van der Waals surface area contributed by atoms with E-state index >= 15 is 0 Å². The van der Waals surface area contributed by atoms with E-state index in [0.717, 1.165) is 82.3 Å². The Bertz CT molecular complexity index is 3310. The van der Waals surface area contributed by atoms with Crippen LogP contribution in [0.1, 0.15) is 103 Å². The summed E-state index contributed by atoms with van der Waals surface area (Å²) >= 11 is 0. The molecule has 4 aliphatic rings. The van der Waals surface area contributed by atoms with Gasteiger partial charge < -0.3 is 14.0 Å². The van der Waals surface area contributed by atoms with Gasteiger partial charge in [-0.25, -0.2) is 8.42 Å². The highest BCUT2D eigenvalue weighted by Crippen LogP contribution is 2.51. The van der Waals surface area contributed by atoms with Crippen molar-refractivity contribution in [2.24, 2.45) is 0 Å². The molecule has 5 aromatic rings. The Labute approximate surface area is 418 Å². The number of rotatable bonds is 16. The van der Waals surface area contributed by atoms with Crippen LogP contribution in [0.3, 0.4) is 0 Å². The first-order valence-electron chi connectivity index (χ1n) is 25.2. The first-order valence-corrected chi connectivity index (χ1v) is 28.4. The summed E-state index contributed by atoms with van der Waals surface area (Å²) in [4.78, 5) is 6.08. The maximum Gasteiger partial charge on any atom is 0.429 e. The molecule has 12 nitrogen and oxygen atoms in total. The summed E-state index contributed by atoms with van der Waals surface area (Å²) in [5.74, 6) is 0.263. The highest BCUT2D eigenvalue weighted by atomic mass is 32.2. The van der Waals surface area contributed by atoms with Gasteiger partial charge in [0.25, 0.3) is 10.1 Å². The van der Waals surface area contributed by atoms with Crippen molar-refractivity contribution in [2.75, 3.05) is 37.8 Å². The molecule has 0 bridgehead atoms. The molecule has 2 aliphatic heterocycles. The molecule has 2 heterocycles. The summed E-state index contributed by atoms with van der Waals surface area (Å²) in [6.07, 6.45) is 13.4. The van der Waals surface area contributed by atoms with Crippen LogP contribution in [0.5, 0.6) is 11.5 Å². The Hall–Kier alpha value is -5.66. The summed E-state index contributed by atoms with van der Waals surface area (Å²) in [5, 5.41) is 15.2. The Morgan fingerprint density at radius 3 is 2.13 bits per heavy atom. The zero-order valence-corrected chi connectivity index (χ0v) is 43.1. The average Bonchev–Trinajstić information content (AvgIpc) is 3.71. The van der Waals surface area contributed by atoms with Gasteiger partial charge in [0.1, 0.15) is 28.9 Å². The molecule has 372 valence electrons. The Kier molecular flexibility index (Phi) is 14.2. The summed E-state index contributed by atoms with van der Waals surface area (Å²) in [5.41, 5.74) is 10.7. The number of quaternary nitrogens is 2. The Balaban J connectivity index is 1.18. The number of nitrogens with zero attached hydrogens (tertiary/aromatic N) is 2. The second-order valence-electron chi connectivity index (χ2n) is 20.5. The minimum absolute atomic E-state index is 0.0500. The van der Waals surface area contributed by atoms with Crippen LogP contribution in [0.2, 0.25) is 0 Å². The number of fused-ring (bicyclic) bond motifs is 6. The zero-order valence-electron chi connectivity index (χ0n) is 41.5. The van der Waals surface area contributed by atoms with Crippen LogP contribution in [0, 0.1) is 5.39 Å². The topological polar surface area (TPSA) is 167 Å². The van der Waals surface area contributed by atoms with E-state index in [0.29, 0.717) is 56.3 Å². The highest BCUT2D eigenvalue weighted by Gasteiger charge is 2.53. The van der Waals surface area contributed by atoms with Crippen LogP contribution in [-0.2, 0) is 37.5 Å². The maximum atomic E-state index is 12.1. The van der Waals surface area contributed by atoms with E-state index in [1.807, 2.05) is 32.0 Å². The molecule has 0 amide bonds. The fourth-order valence-electron chi connectivity index (χ4n) is 12.9. The van der Waals surface area contributed by atoms with Crippen LogP contribution in [0.4, 0.5) is 17.1 Å². The maximum absolute atomic E-state index is 12.1. The number of ether oxygens (including phenoxy) is 2. The summed E-state index contributed by atoms with van der Waals surface area (Å²) in [7, 11) is -8.59. The number of nitrogens with one attached hydrogen (secondary N) is 2. The van der Waals surface area contributed by atoms with E-state index in [1.165, 1.54) is 43.6 Å². The highest BCUT2D eigenvalue weighted by molar-refractivity contribution is 7.85. The van der Waals surface area contributed by atoms with Gasteiger partial charge in [-0.15, -0.1) is 0 Å². The lowest BCUT2D eigenvalue weighted by molar-refractivity contribution is -0.852. The van der Waals surface area contributed by atoms with Crippen molar-refractivity contribution in [1.82, 2.24) is 0 Å². The van der Waals surface area contributed by atoms with Gasteiger partial charge in [0, 0.05) is 53.5 Å². The van der Waals surface area contributed by atoms with Crippen molar-refractivity contribution in [1.29, 1.82) is 5.39 Å². The normalized spacial score (nSPS) is 23.6. The van der Waals surface area contributed by atoms with E-state index in [4.69, 9.17) is 9.47 Å². The number of allylic oxidation sites excluding steroid dienone is 7. The standard InChI is InChI=1S/C57H64N4O8S2/c1-6-68-45-35-44(53(59-58)50(36-45)69-7-2)37-57(5)52-47-23-11-9-19-41(47)25-27-49(52)61(29-15-31-71(65,66)67)55(57)43-21-13-17-39(34-43)32-38-16-12-20-42(33-38)54-56(3,4)51-46-22-10-8-18-40(46)24-26-48(51)60(54)28-14-30-70(62,63)64/h8-11,18-19,22-27,32-36,54H,6-7,12-17,20-21,28-31,37H2,1-5H3,(H-,62,63,64,65,66,67)/p+2/b38-32+,55-43+. The predicted octanol–water partition coefficient (Wildman–Crippen LogP) is 9.80. The van der Waals surface area contributed by atoms with Crippen molar-refractivity contribution in [3.05, 3.63) is 153 Å². The van der Waals surface area contributed by atoms with Crippen LogP contribution in [0.25, 0.3) is 26.5 Å². The fraction of sp³-hybridized carbons (Fsp3) is 0.404. The lowest BCUT2D eigenvalue weighted by atomic mass is 9.72. The number of diazo groups is 1. The molecular formula is C57H66N4O8S2+2. The molecule has 0 fully saturated rings. The fourth-order valence-corrected chi connectivity index (χ4v) is 13.9. The average molecular weight is 999 g/mol. The summed E-state index contributed by atoms with van der Waals surface area (Å²) < 4.78 is 82.1. The summed E-state index contributed by atoms with van der Waals surface area (Å²) in [6.45, 7) is 12.4. The third-order valence-electron chi connectivity index (χ3n) is 15.3. The monoisotopic (exact) mass is 998 g/mol. The SMILES string of the molecule is CCOc1cc(CC2(C)/C(=C3C=C(/C=C4/C=C(C5[NH+](CCCS(=O)(=O)O)c6ccc7ccccc7c6C5(C)C)CCC4)CCC\3)[NH+](CCCS(=O)(=O)[O-])c3ccc4ccccc4c32)c([N+]#N)c(OCC)c1. The van der Waals surface area contributed by atoms with Gasteiger partial charge in [-0.05, 0) is 136 Å². The molecular weight excluding hydrogens is 933 g/mol. The van der Waals surface area contributed by atoms with Crippen molar-refractivity contribution in [2.45, 2.75) is 109 Å². The van der Waals surface area contributed by atoms with E-state index in [-0.39, 0.29) is 23.6 Å². The predicted molar refractivity (Wildman–Crippen MR) is 279 cm³/mol. The molecule has 4 atom stereocenters. The first kappa shape index (κ1) is 50.3. The lowest BCUT2D eigenvalue weighted by Crippen LogP contribution is -3.11. The lowest BCUT2D eigenvalue weighted by Gasteiger charge is -2.34. The van der Waals surface area contributed by atoms with E-state index < -0.39 is 31.4 Å². The van der Waals surface area contributed by atoms with Crippen molar-refractivity contribution >= 4 is 58.8 Å². The van der Waals surface area contributed by atoms with E-state index in [1.54, 1.807) is 6.07 Å². The molecule has 4 unspecified atom stereocenters. The second kappa shape index (κ2) is 20.1. The number of hydrogen-bond acceptors (Lipinski definition) is 8. The van der Waals surface area contributed by atoms with Gasteiger partial charge >= 0.3 is 5.69 Å². The molecule has 0 radical (unpaired) electrons. The van der Waals surface area contributed by atoms with Crippen LogP contribution in [0.15, 0.2) is 131 Å². The minimum atomic E-state index is -4.47. The third kappa shape index (κ3) is 10.1. The van der Waals surface area contributed by atoms with E-state index in [2.05, 4.69) is 105 Å². The summed E-state index contributed by atoms with van der Waals surface area (Å²) in [6, 6.07) is 29.2. The number of hydrogen-bond donors (Lipinski definition) is 3. The largest absolute Gasteiger partial charge is 0.748 e. The molecule has 3 N–H and O–H groups in total. The molecule has 2 aliphatic carbocycles. The zero-order chi connectivity index (χ0) is 50.3. The number of benzene rings is 5. The Morgan fingerprint density at radius 2 is 1.45 bits per heavy atom. The second-order valence-corrected chi connectivity index (χ2v) is 23.6. The Morgan fingerprint density at radius 1 is 0.789 bits per heavy atom. The molecule has 0 aromatic heterocycles. The molecule has 0 saturated heterocycles. The van der Waals surface area contributed by atoms with Crippen molar-refractivity contribution in [3.8, 4) is 11.5 Å². The molecule has 14 heteroatoms. The van der Waals surface area contributed by atoms with Crippen molar-refractivity contribution < 1.29 is 45.2 Å². The molecule has 9 rings (SSSR count). The van der Waals surface area contributed by atoms with Gasteiger partial charge in [-0.2, -0.15) is 8.42 Å². The van der Waals surface area contributed by atoms with Gasteiger partial charge in [-0.1, -0.05) is 66.8 Å².